The summed E-state index contributed by atoms with van der Waals surface area (Å²) in [6.45, 7) is 4.00. The van der Waals surface area contributed by atoms with E-state index in [0.29, 0.717) is 0 Å². The lowest BCUT2D eigenvalue weighted by Gasteiger charge is -2.12. The monoisotopic (exact) mass is 383 g/mol. The van der Waals surface area contributed by atoms with Crippen LogP contribution in [0, 0.1) is 17.1 Å². The smallest absolute Gasteiger partial charge is 0.238 e. The van der Waals surface area contributed by atoms with E-state index in [1.165, 1.54) is 30.3 Å². The van der Waals surface area contributed by atoms with Crippen molar-refractivity contribution in [2.75, 3.05) is 0 Å². The molecule has 0 aliphatic carbocycles. The molecule has 3 N–H and O–H groups in total. The number of nitriles is 1. The molecule has 0 bridgehead atoms. The molecule has 0 aliphatic heterocycles. The zero-order chi connectivity index (χ0) is 19.0. The number of halogens is 3. The first-order chi connectivity index (χ1) is 11.9. The Morgan fingerprint density at radius 1 is 1.32 bits per heavy atom. The maximum absolute atomic E-state index is 14.5. The normalized spacial score (nSPS) is 9.48. The Morgan fingerprint density at radius 2 is 2.00 bits per heavy atom. The summed E-state index contributed by atoms with van der Waals surface area (Å²) in [5.74, 6) is 3.51. The maximum atomic E-state index is 14.5. The fourth-order valence-electron chi connectivity index (χ4n) is 1.83. The molecule has 0 spiro atoms. The summed E-state index contributed by atoms with van der Waals surface area (Å²) < 4.78 is 19.9. The zero-order valence-electron chi connectivity index (χ0n) is 13.6. The highest BCUT2D eigenvalue weighted by Gasteiger charge is 2.17. The Balaban J connectivity index is 0.00000151. The molecule has 5 nitrogen and oxygen atoms in total. The number of benzene rings is 2. The fourth-order valence-corrected chi connectivity index (χ4v) is 2.24. The molecule has 0 fully saturated rings. The van der Waals surface area contributed by atoms with E-state index in [1.807, 2.05) is 25.3 Å². The molecule has 0 saturated heterocycles. The minimum Gasteiger partial charge on any atom is -0.453 e. The number of hydrogen-bond acceptors (Lipinski definition) is 4. The van der Waals surface area contributed by atoms with Crippen LogP contribution in [0.15, 0.2) is 30.3 Å². The Kier molecular flexibility index (Phi) is 8.16. The molecular weight excluding hydrogens is 368 g/mol. The molecule has 2 aromatic rings. The van der Waals surface area contributed by atoms with Gasteiger partial charge in [-0.15, -0.1) is 0 Å². The van der Waals surface area contributed by atoms with Crippen LogP contribution in [0.2, 0.25) is 10.0 Å². The van der Waals surface area contributed by atoms with Crippen molar-refractivity contribution < 1.29 is 13.9 Å². The third kappa shape index (κ3) is 5.61. The number of ether oxygens (including phenoxy) is 1. The van der Waals surface area contributed by atoms with Crippen LogP contribution in [0.5, 0.6) is 11.5 Å². The molecule has 0 aromatic heterocycles. The first-order valence-electron chi connectivity index (χ1n) is 7.29. The molecule has 8 heteroatoms. The summed E-state index contributed by atoms with van der Waals surface area (Å²) in [7, 11) is 0. The summed E-state index contributed by atoms with van der Waals surface area (Å²) in [5, 5.41) is 9.18. The third-order valence-corrected chi connectivity index (χ3v) is 3.38. The van der Waals surface area contributed by atoms with Crippen molar-refractivity contribution in [3.8, 4) is 17.6 Å². The number of amides is 1. The molecule has 0 saturated carbocycles. The molecule has 2 rings (SSSR count). The van der Waals surface area contributed by atoms with Gasteiger partial charge < -0.3 is 4.74 Å². The molecule has 1 amide bonds. The van der Waals surface area contributed by atoms with Crippen LogP contribution in [0.4, 0.5) is 4.39 Å². The van der Waals surface area contributed by atoms with E-state index in [4.69, 9.17) is 39.0 Å². The number of nitrogens with one attached hydrogen (secondary N) is 1. The quantitative estimate of drug-likeness (QED) is 0.466. The predicted molar refractivity (Wildman–Crippen MR) is 95.0 cm³/mol. The standard InChI is InChI=1S/C15H10Cl2FN3O2.C2H6/c16-10-3-8(7-19)4-11(6-10)23-15-12(17)2-1-9(14(15)18)5-13(22)21-20;1-2/h1-4,6H,5,20H2,(H,21,22);1-2H3. The lowest BCUT2D eigenvalue weighted by atomic mass is 10.1. The zero-order valence-corrected chi connectivity index (χ0v) is 15.1. The highest BCUT2D eigenvalue weighted by Crippen LogP contribution is 2.35. The lowest BCUT2D eigenvalue weighted by molar-refractivity contribution is -0.120. The summed E-state index contributed by atoms with van der Waals surface area (Å²) in [6, 6.07) is 8.91. The lowest BCUT2D eigenvalue weighted by Crippen LogP contribution is -2.31. The third-order valence-electron chi connectivity index (χ3n) is 2.86. The summed E-state index contributed by atoms with van der Waals surface area (Å²) in [5.41, 5.74) is 2.23. The van der Waals surface area contributed by atoms with Gasteiger partial charge in [-0.1, -0.05) is 43.1 Å². The van der Waals surface area contributed by atoms with E-state index < -0.39 is 11.7 Å². The first kappa shape index (κ1) is 20.7. The SMILES string of the molecule is CC.N#Cc1cc(Cl)cc(Oc2c(Cl)ccc(CC(=O)NN)c2F)c1. The van der Waals surface area contributed by atoms with E-state index in [0.717, 1.165) is 0 Å². The van der Waals surface area contributed by atoms with Gasteiger partial charge in [-0.25, -0.2) is 10.2 Å². The van der Waals surface area contributed by atoms with Gasteiger partial charge in [0.15, 0.2) is 11.6 Å². The molecule has 0 unspecified atom stereocenters. The fraction of sp³-hybridized carbons (Fsp3) is 0.176. The number of nitrogens with zero attached hydrogens (tertiary/aromatic N) is 1. The highest BCUT2D eigenvalue weighted by atomic mass is 35.5. The van der Waals surface area contributed by atoms with Gasteiger partial charge >= 0.3 is 0 Å². The second-order valence-corrected chi connectivity index (χ2v) is 5.33. The largest absolute Gasteiger partial charge is 0.453 e. The average molecular weight is 384 g/mol. The van der Waals surface area contributed by atoms with E-state index in [1.54, 1.807) is 0 Å². The van der Waals surface area contributed by atoms with Crippen LogP contribution in [0.1, 0.15) is 25.0 Å². The van der Waals surface area contributed by atoms with Crippen LogP contribution in [0.3, 0.4) is 0 Å². The van der Waals surface area contributed by atoms with Gasteiger partial charge in [0.1, 0.15) is 5.75 Å². The van der Waals surface area contributed by atoms with Crippen molar-refractivity contribution >= 4 is 29.1 Å². The number of hydrogen-bond donors (Lipinski definition) is 2. The van der Waals surface area contributed by atoms with Gasteiger partial charge in [0.2, 0.25) is 5.91 Å². The molecule has 0 heterocycles. The van der Waals surface area contributed by atoms with E-state index in [2.05, 4.69) is 0 Å². The Morgan fingerprint density at radius 3 is 2.60 bits per heavy atom. The second-order valence-electron chi connectivity index (χ2n) is 4.48. The van der Waals surface area contributed by atoms with Crippen molar-refractivity contribution in [2.24, 2.45) is 5.84 Å². The maximum Gasteiger partial charge on any atom is 0.238 e. The molecule has 0 radical (unpaired) electrons. The van der Waals surface area contributed by atoms with Gasteiger partial charge in [-0.3, -0.25) is 10.2 Å². The van der Waals surface area contributed by atoms with Gasteiger partial charge in [-0.05, 0) is 24.3 Å². The van der Waals surface area contributed by atoms with Crippen molar-refractivity contribution in [1.29, 1.82) is 5.26 Å². The summed E-state index contributed by atoms with van der Waals surface area (Å²) in [4.78, 5) is 11.3. The van der Waals surface area contributed by atoms with Crippen LogP contribution in [-0.2, 0) is 11.2 Å². The van der Waals surface area contributed by atoms with E-state index >= 15 is 0 Å². The van der Waals surface area contributed by atoms with Crippen LogP contribution >= 0.6 is 23.2 Å². The topological polar surface area (TPSA) is 88.1 Å². The van der Waals surface area contributed by atoms with Crippen LogP contribution in [-0.4, -0.2) is 5.91 Å². The van der Waals surface area contributed by atoms with Gasteiger partial charge in [0.25, 0.3) is 0 Å². The molecule has 25 heavy (non-hydrogen) atoms. The molecule has 132 valence electrons. The number of nitrogens with two attached hydrogens (primary N) is 1. The highest BCUT2D eigenvalue weighted by molar-refractivity contribution is 6.32. The number of carbonyl (C=O) groups is 1. The van der Waals surface area contributed by atoms with E-state index in [9.17, 15) is 9.18 Å². The van der Waals surface area contributed by atoms with Crippen molar-refractivity contribution in [1.82, 2.24) is 5.43 Å². The van der Waals surface area contributed by atoms with Gasteiger partial charge in [0.05, 0.1) is 23.1 Å². The van der Waals surface area contributed by atoms with E-state index in [-0.39, 0.29) is 39.1 Å². The Bertz CT molecular complexity index is 807. The minimum absolute atomic E-state index is 0.0119. The summed E-state index contributed by atoms with van der Waals surface area (Å²) >= 11 is 11.8. The van der Waals surface area contributed by atoms with Crippen molar-refractivity contribution in [3.05, 3.63) is 57.3 Å². The number of rotatable bonds is 4. The molecule has 0 aliphatic rings. The van der Waals surface area contributed by atoms with Gasteiger partial charge in [0, 0.05) is 10.6 Å². The number of carbonyl (C=O) groups excluding carboxylic acids is 1. The average Bonchev–Trinajstić information content (AvgIpc) is 2.62. The van der Waals surface area contributed by atoms with Gasteiger partial charge in [-0.2, -0.15) is 5.26 Å². The molecule has 2 aromatic carbocycles. The predicted octanol–water partition coefficient (Wildman–Crippen LogP) is 4.36. The van der Waals surface area contributed by atoms with Crippen LogP contribution < -0.4 is 16.0 Å². The first-order valence-corrected chi connectivity index (χ1v) is 8.05. The van der Waals surface area contributed by atoms with Crippen molar-refractivity contribution in [3.63, 3.8) is 0 Å². The minimum atomic E-state index is -0.792. The number of hydrazine groups is 1. The summed E-state index contributed by atoms with van der Waals surface area (Å²) in [6.07, 6.45) is -0.269. The molecular formula is C17H16Cl2FN3O2. The van der Waals surface area contributed by atoms with Crippen LogP contribution in [0.25, 0.3) is 0 Å². The van der Waals surface area contributed by atoms with Crippen molar-refractivity contribution in [2.45, 2.75) is 20.3 Å². The second kappa shape index (κ2) is 9.84. The Labute approximate surface area is 155 Å². The Hall–Kier alpha value is -2.33. The molecule has 0 atom stereocenters.